The van der Waals surface area contributed by atoms with Crippen molar-refractivity contribution >= 4 is 29.1 Å². The van der Waals surface area contributed by atoms with E-state index in [1.54, 1.807) is 30.3 Å². The second-order valence-corrected chi connectivity index (χ2v) is 5.79. The fourth-order valence-corrected chi connectivity index (χ4v) is 2.57. The highest BCUT2D eigenvalue weighted by atomic mass is 35.5. The first-order valence-electron chi connectivity index (χ1n) is 7.25. The van der Waals surface area contributed by atoms with E-state index >= 15 is 0 Å². The maximum absolute atomic E-state index is 12.0. The fourth-order valence-electron chi connectivity index (χ4n) is 2.13. The van der Waals surface area contributed by atoms with Crippen molar-refractivity contribution < 1.29 is 9.32 Å². The molecule has 0 aliphatic carbocycles. The highest BCUT2D eigenvalue weighted by molar-refractivity contribution is 6.34. The van der Waals surface area contributed by atoms with Crippen LogP contribution < -0.4 is 5.32 Å². The zero-order chi connectivity index (χ0) is 16.9. The third-order valence-electron chi connectivity index (χ3n) is 3.33. The average molecular weight is 362 g/mol. The molecular weight excluding hydrogens is 349 g/mol. The first-order valence-corrected chi connectivity index (χ1v) is 8.01. The zero-order valence-corrected chi connectivity index (χ0v) is 14.0. The van der Waals surface area contributed by atoms with Crippen molar-refractivity contribution in [3.8, 4) is 11.4 Å². The standard InChI is InChI=1S/C17H13Cl2N3O2/c18-13-7-3-1-5-11(13)16-21-15(24-22-16)9-10-20-17(23)12-6-2-4-8-14(12)19/h1-8H,9-10H2,(H,20,23). The number of nitrogens with one attached hydrogen (secondary N) is 1. The molecule has 122 valence electrons. The first-order chi connectivity index (χ1) is 11.6. The second-order valence-electron chi connectivity index (χ2n) is 4.98. The lowest BCUT2D eigenvalue weighted by Crippen LogP contribution is -2.26. The summed E-state index contributed by atoms with van der Waals surface area (Å²) < 4.78 is 5.19. The molecule has 3 aromatic rings. The van der Waals surface area contributed by atoms with Gasteiger partial charge in [0.05, 0.1) is 15.6 Å². The van der Waals surface area contributed by atoms with Crippen molar-refractivity contribution in [3.05, 3.63) is 70.0 Å². The van der Waals surface area contributed by atoms with Crippen LogP contribution in [-0.4, -0.2) is 22.6 Å². The number of carbonyl (C=O) groups excluding carboxylic acids is 1. The lowest BCUT2D eigenvalue weighted by atomic mass is 10.2. The van der Waals surface area contributed by atoms with Crippen LogP contribution in [0.2, 0.25) is 10.0 Å². The Morgan fingerprint density at radius 3 is 2.50 bits per heavy atom. The van der Waals surface area contributed by atoms with E-state index in [0.717, 1.165) is 0 Å². The van der Waals surface area contributed by atoms with Gasteiger partial charge in [0.1, 0.15) is 0 Å². The van der Waals surface area contributed by atoms with Crippen LogP contribution in [0.1, 0.15) is 16.2 Å². The van der Waals surface area contributed by atoms with Gasteiger partial charge in [0.2, 0.25) is 11.7 Å². The van der Waals surface area contributed by atoms with E-state index < -0.39 is 0 Å². The maximum Gasteiger partial charge on any atom is 0.252 e. The van der Waals surface area contributed by atoms with E-state index in [-0.39, 0.29) is 5.91 Å². The summed E-state index contributed by atoms with van der Waals surface area (Å²) in [6.45, 7) is 0.355. The van der Waals surface area contributed by atoms with E-state index in [1.807, 2.05) is 18.2 Å². The molecule has 3 rings (SSSR count). The molecule has 5 nitrogen and oxygen atoms in total. The molecule has 0 spiro atoms. The van der Waals surface area contributed by atoms with Crippen LogP contribution in [0.4, 0.5) is 0 Å². The molecule has 0 atom stereocenters. The van der Waals surface area contributed by atoms with Crippen molar-refractivity contribution in [2.75, 3.05) is 6.54 Å². The molecule has 0 unspecified atom stereocenters. The van der Waals surface area contributed by atoms with Gasteiger partial charge < -0.3 is 9.84 Å². The van der Waals surface area contributed by atoms with Crippen molar-refractivity contribution in [3.63, 3.8) is 0 Å². The quantitative estimate of drug-likeness (QED) is 0.745. The summed E-state index contributed by atoms with van der Waals surface area (Å²) in [4.78, 5) is 16.3. The third kappa shape index (κ3) is 3.75. The molecule has 0 aliphatic rings. The van der Waals surface area contributed by atoms with Gasteiger partial charge in [-0.15, -0.1) is 0 Å². The molecule has 1 N–H and O–H groups in total. The van der Waals surface area contributed by atoms with Gasteiger partial charge in [-0.25, -0.2) is 0 Å². The van der Waals surface area contributed by atoms with Gasteiger partial charge in [0, 0.05) is 18.5 Å². The molecular formula is C17H13Cl2N3O2. The Balaban J connectivity index is 1.59. The number of amides is 1. The lowest BCUT2D eigenvalue weighted by molar-refractivity contribution is 0.0953. The minimum absolute atomic E-state index is 0.244. The van der Waals surface area contributed by atoms with Gasteiger partial charge in [0.25, 0.3) is 5.91 Å². The third-order valence-corrected chi connectivity index (χ3v) is 3.98. The summed E-state index contributed by atoms with van der Waals surface area (Å²) in [6, 6.07) is 14.1. The minimum Gasteiger partial charge on any atom is -0.351 e. The van der Waals surface area contributed by atoms with Gasteiger partial charge in [0.15, 0.2) is 0 Å². The molecule has 24 heavy (non-hydrogen) atoms. The summed E-state index contributed by atoms with van der Waals surface area (Å²) in [5.41, 5.74) is 1.13. The predicted molar refractivity (Wildman–Crippen MR) is 92.2 cm³/mol. The van der Waals surface area contributed by atoms with Crippen LogP contribution in [-0.2, 0) is 6.42 Å². The van der Waals surface area contributed by atoms with Crippen LogP contribution in [0.5, 0.6) is 0 Å². The number of benzene rings is 2. The van der Waals surface area contributed by atoms with Gasteiger partial charge in [-0.1, -0.05) is 52.6 Å². The first kappa shape index (κ1) is 16.5. The summed E-state index contributed by atoms with van der Waals surface area (Å²) in [5.74, 6) is 0.601. The molecule has 0 saturated heterocycles. The topological polar surface area (TPSA) is 68.0 Å². The zero-order valence-electron chi connectivity index (χ0n) is 12.5. The molecule has 1 heterocycles. The molecule has 2 aromatic carbocycles. The van der Waals surface area contributed by atoms with E-state index in [0.29, 0.717) is 45.9 Å². The van der Waals surface area contributed by atoms with Crippen LogP contribution in [0.25, 0.3) is 11.4 Å². The fraction of sp³-hybridized carbons (Fsp3) is 0.118. The molecule has 7 heteroatoms. The largest absolute Gasteiger partial charge is 0.351 e. The summed E-state index contributed by atoms with van der Waals surface area (Å²) >= 11 is 12.1. The van der Waals surface area contributed by atoms with Gasteiger partial charge in [-0.2, -0.15) is 4.98 Å². The molecule has 0 radical (unpaired) electrons. The molecule has 0 fully saturated rings. The minimum atomic E-state index is -0.244. The molecule has 0 saturated carbocycles. The Morgan fingerprint density at radius 2 is 1.75 bits per heavy atom. The molecule has 1 amide bonds. The Bertz CT molecular complexity index is 864. The van der Waals surface area contributed by atoms with Crippen molar-refractivity contribution in [1.29, 1.82) is 0 Å². The Kier molecular flexibility index (Phi) is 5.13. The second kappa shape index (κ2) is 7.47. The van der Waals surface area contributed by atoms with Gasteiger partial charge in [-0.3, -0.25) is 4.79 Å². The highest BCUT2D eigenvalue weighted by Crippen LogP contribution is 2.24. The average Bonchev–Trinajstić information content (AvgIpc) is 3.04. The number of halogens is 2. The van der Waals surface area contributed by atoms with Crippen LogP contribution in [0.15, 0.2) is 53.1 Å². The monoisotopic (exact) mass is 361 g/mol. The van der Waals surface area contributed by atoms with E-state index in [4.69, 9.17) is 27.7 Å². The number of aromatic nitrogens is 2. The van der Waals surface area contributed by atoms with Crippen molar-refractivity contribution in [2.24, 2.45) is 0 Å². The molecule has 0 aliphatic heterocycles. The Morgan fingerprint density at radius 1 is 1.04 bits per heavy atom. The Labute approximate surface area is 148 Å². The SMILES string of the molecule is O=C(NCCc1nc(-c2ccccc2Cl)no1)c1ccccc1Cl. The number of hydrogen-bond acceptors (Lipinski definition) is 4. The van der Waals surface area contributed by atoms with Gasteiger partial charge >= 0.3 is 0 Å². The smallest absolute Gasteiger partial charge is 0.252 e. The number of carbonyl (C=O) groups is 1. The highest BCUT2D eigenvalue weighted by Gasteiger charge is 2.12. The summed E-state index contributed by atoms with van der Waals surface area (Å²) in [7, 11) is 0. The number of rotatable bonds is 5. The number of hydrogen-bond donors (Lipinski definition) is 1. The van der Waals surface area contributed by atoms with Crippen molar-refractivity contribution in [1.82, 2.24) is 15.5 Å². The van der Waals surface area contributed by atoms with E-state index in [2.05, 4.69) is 15.5 Å². The summed E-state index contributed by atoms with van der Waals surface area (Å²) in [6.07, 6.45) is 0.410. The number of nitrogens with zero attached hydrogens (tertiary/aromatic N) is 2. The lowest BCUT2D eigenvalue weighted by Gasteiger charge is -2.04. The van der Waals surface area contributed by atoms with Crippen molar-refractivity contribution in [2.45, 2.75) is 6.42 Å². The van der Waals surface area contributed by atoms with Crippen LogP contribution >= 0.6 is 23.2 Å². The Hall–Kier alpha value is -2.37. The molecule has 1 aromatic heterocycles. The summed E-state index contributed by atoms with van der Waals surface area (Å²) in [5, 5.41) is 7.65. The van der Waals surface area contributed by atoms with Crippen LogP contribution in [0.3, 0.4) is 0 Å². The predicted octanol–water partition coefficient (Wildman–Crippen LogP) is 4.02. The van der Waals surface area contributed by atoms with E-state index in [9.17, 15) is 4.79 Å². The normalized spacial score (nSPS) is 10.6. The molecule has 0 bridgehead atoms. The van der Waals surface area contributed by atoms with E-state index in [1.165, 1.54) is 0 Å². The van der Waals surface area contributed by atoms with Crippen LogP contribution in [0, 0.1) is 0 Å². The van der Waals surface area contributed by atoms with Gasteiger partial charge in [-0.05, 0) is 24.3 Å². The maximum atomic E-state index is 12.0.